The lowest BCUT2D eigenvalue weighted by Crippen LogP contribution is -2.35. The predicted molar refractivity (Wildman–Crippen MR) is 127 cm³/mol. The summed E-state index contributed by atoms with van der Waals surface area (Å²) in [6, 6.07) is 16.3. The van der Waals surface area contributed by atoms with E-state index in [0.717, 1.165) is 27.2 Å². The Morgan fingerprint density at radius 1 is 1.09 bits per heavy atom. The molecule has 0 fully saturated rings. The molecular weight excluding hydrogens is 444 g/mol. The Balaban J connectivity index is 1.60. The van der Waals surface area contributed by atoms with Gasteiger partial charge >= 0.3 is 0 Å². The molecule has 0 unspecified atom stereocenters. The summed E-state index contributed by atoms with van der Waals surface area (Å²) in [5.74, 6) is -0.0994. The van der Waals surface area contributed by atoms with Crippen LogP contribution in [0, 0.1) is 13.8 Å². The van der Waals surface area contributed by atoms with Crippen molar-refractivity contribution in [2.45, 2.75) is 31.7 Å². The van der Waals surface area contributed by atoms with Crippen LogP contribution in [0.1, 0.15) is 17.0 Å². The molecule has 9 heteroatoms. The minimum Gasteiger partial charge on any atom is -0.286 e. The van der Waals surface area contributed by atoms with Crippen LogP contribution in [0.25, 0.3) is 10.2 Å². The highest BCUT2D eigenvalue weighted by molar-refractivity contribution is 7.90. The van der Waals surface area contributed by atoms with Gasteiger partial charge in [0.25, 0.3) is 0 Å². The number of hydrogen-bond acceptors (Lipinski definition) is 6. The van der Waals surface area contributed by atoms with Crippen molar-refractivity contribution in [2.24, 2.45) is 0 Å². The zero-order chi connectivity index (χ0) is 22.9. The molecular formula is C23H24N4O3S2. The highest BCUT2D eigenvalue weighted by Crippen LogP contribution is 2.29. The Morgan fingerprint density at radius 3 is 2.44 bits per heavy atom. The van der Waals surface area contributed by atoms with E-state index in [1.165, 1.54) is 29.7 Å². The average Bonchev–Trinajstić information content (AvgIpc) is 3.30. The van der Waals surface area contributed by atoms with E-state index in [9.17, 15) is 13.2 Å². The normalized spacial score (nSPS) is 11.7. The lowest BCUT2D eigenvalue weighted by atomic mass is 10.1. The van der Waals surface area contributed by atoms with Crippen LogP contribution >= 0.6 is 11.3 Å². The first-order valence-corrected chi connectivity index (χ1v) is 12.9. The quantitative estimate of drug-likeness (QED) is 0.412. The number of rotatable bonds is 7. The molecule has 1 amide bonds. The van der Waals surface area contributed by atoms with Gasteiger partial charge in [0.1, 0.15) is 0 Å². The Morgan fingerprint density at radius 2 is 1.81 bits per heavy atom. The van der Waals surface area contributed by atoms with Gasteiger partial charge in [0.2, 0.25) is 5.91 Å². The first-order chi connectivity index (χ1) is 15.2. The molecule has 4 rings (SSSR count). The maximum absolute atomic E-state index is 13.3. The molecule has 0 bridgehead atoms. The summed E-state index contributed by atoms with van der Waals surface area (Å²) in [5, 5.41) is 5.14. The molecule has 7 nitrogen and oxygen atoms in total. The van der Waals surface area contributed by atoms with E-state index in [1.807, 2.05) is 48.9 Å². The SMILES string of the molecule is Cc1cc(C)n(CCN(C(=O)Cc2ccc(S(C)(=O)=O)cc2)c2nc3ccccc3s2)n1. The van der Waals surface area contributed by atoms with Gasteiger partial charge in [-0.05, 0) is 49.7 Å². The molecule has 0 aliphatic rings. The summed E-state index contributed by atoms with van der Waals surface area (Å²) in [5.41, 5.74) is 3.58. The van der Waals surface area contributed by atoms with Crippen LogP contribution in [0.2, 0.25) is 0 Å². The molecule has 2 aromatic heterocycles. The molecule has 32 heavy (non-hydrogen) atoms. The molecule has 0 aliphatic carbocycles. The predicted octanol–water partition coefficient (Wildman–Crippen LogP) is 3.79. The molecule has 2 heterocycles. The van der Waals surface area contributed by atoms with Crippen LogP contribution < -0.4 is 4.90 Å². The fourth-order valence-electron chi connectivity index (χ4n) is 3.52. The number of fused-ring (bicyclic) bond motifs is 1. The van der Waals surface area contributed by atoms with Gasteiger partial charge in [0.15, 0.2) is 15.0 Å². The van der Waals surface area contributed by atoms with Crippen LogP contribution in [0.5, 0.6) is 0 Å². The molecule has 166 valence electrons. The third-order valence-electron chi connectivity index (χ3n) is 5.16. The van der Waals surface area contributed by atoms with Crippen molar-refractivity contribution in [1.82, 2.24) is 14.8 Å². The lowest BCUT2D eigenvalue weighted by molar-refractivity contribution is -0.118. The maximum atomic E-state index is 13.3. The summed E-state index contributed by atoms with van der Waals surface area (Å²) >= 11 is 1.48. The van der Waals surface area contributed by atoms with Gasteiger partial charge in [-0.3, -0.25) is 14.4 Å². The third kappa shape index (κ3) is 4.89. The van der Waals surface area contributed by atoms with Crippen molar-refractivity contribution < 1.29 is 13.2 Å². The monoisotopic (exact) mass is 468 g/mol. The average molecular weight is 469 g/mol. The molecule has 0 saturated heterocycles. The number of carbonyl (C=O) groups excluding carboxylic acids is 1. The van der Waals surface area contributed by atoms with Gasteiger partial charge in [-0.25, -0.2) is 13.4 Å². The van der Waals surface area contributed by atoms with Gasteiger partial charge in [-0.15, -0.1) is 0 Å². The fourth-order valence-corrected chi connectivity index (χ4v) is 5.16. The lowest BCUT2D eigenvalue weighted by Gasteiger charge is -2.20. The second-order valence-corrected chi connectivity index (χ2v) is 10.8. The number of benzene rings is 2. The zero-order valence-corrected chi connectivity index (χ0v) is 19.8. The van der Waals surface area contributed by atoms with Crippen molar-refractivity contribution in [1.29, 1.82) is 0 Å². The topological polar surface area (TPSA) is 85.2 Å². The molecule has 0 saturated carbocycles. The van der Waals surface area contributed by atoms with E-state index in [1.54, 1.807) is 17.0 Å². The van der Waals surface area contributed by atoms with Crippen molar-refractivity contribution in [3.05, 3.63) is 71.5 Å². The van der Waals surface area contributed by atoms with E-state index >= 15 is 0 Å². The van der Waals surface area contributed by atoms with Crippen LogP contribution in [0.4, 0.5) is 5.13 Å². The van der Waals surface area contributed by atoms with Gasteiger partial charge < -0.3 is 0 Å². The van der Waals surface area contributed by atoms with Crippen LogP contribution in [0.15, 0.2) is 59.5 Å². The van der Waals surface area contributed by atoms with Crippen molar-refractivity contribution in [3.8, 4) is 0 Å². The number of anilines is 1. The number of nitrogens with zero attached hydrogens (tertiary/aromatic N) is 4. The summed E-state index contributed by atoms with van der Waals surface area (Å²) in [6.07, 6.45) is 1.32. The van der Waals surface area contributed by atoms with Gasteiger partial charge in [-0.1, -0.05) is 35.6 Å². The first-order valence-electron chi connectivity index (χ1n) is 10.2. The van der Waals surface area contributed by atoms with Crippen molar-refractivity contribution in [3.63, 3.8) is 0 Å². The van der Waals surface area contributed by atoms with E-state index in [-0.39, 0.29) is 17.2 Å². The summed E-state index contributed by atoms with van der Waals surface area (Å²) in [6.45, 7) is 4.92. The van der Waals surface area contributed by atoms with Crippen LogP contribution in [-0.2, 0) is 27.6 Å². The number of hydrogen-bond donors (Lipinski definition) is 0. The van der Waals surface area contributed by atoms with E-state index in [0.29, 0.717) is 18.2 Å². The first kappa shape index (κ1) is 22.2. The Hall–Kier alpha value is -3.04. The highest BCUT2D eigenvalue weighted by atomic mass is 32.2. The molecule has 0 atom stereocenters. The molecule has 4 aromatic rings. The zero-order valence-electron chi connectivity index (χ0n) is 18.1. The minimum atomic E-state index is -3.28. The second-order valence-electron chi connectivity index (χ2n) is 7.75. The number of sulfone groups is 1. The van der Waals surface area contributed by atoms with Gasteiger partial charge in [-0.2, -0.15) is 5.10 Å². The summed E-state index contributed by atoms with van der Waals surface area (Å²) in [7, 11) is -3.28. The fraction of sp³-hybridized carbons (Fsp3) is 0.261. The van der Waals surface area contributed by atoms with E-state index in [4.69, 9.17) is 0 Å². The summed E-state index contributed by atoms with van der Waals surface area (Å²) in [4.78, 5) is 19.9. The van der Waals surface area contributed by atoms with Crippen LogP contribution in [-0.4, -0.2) is 41.9 Å². The molecule has 0 N–H and O–H groups in total. The van der Waals surface area contributed by atoms with Gasteiger partial charge in [0, 0.05) is 18.5 Å². The summed E-state index contributed by atoms with van der Waals surface area (Å²) < 4.78 is 26.3. The molecule has 0 spiro atoms. The number of para-hydroxylation sites is 1. The maximum Gasteiger partial charge on any atom is 0.233 e. The Bertz CT molecular complexity index is 1340. The Kier molecular flexibility index (Phi) is 6.12. The molecule has 0 aliphatic heterocycles. The highest BCUT2D eigenvalue weighted by Gasteiger charge is 2.21. The van der Waals surface area contributed by atoms with Crippen LogP contribution in [0.3, 0.4) is 0 Å². The third-order valence-corrected chi connectivity index (χ3v) is 7.35. The minimum absolute atomic E-state index is 0.0994. The number of aromatic nitrogens is 3. The second kappa shape index (κ2) is 8.84. The number of thiazole rings is 1. The largest absolute Gasteiger partial charge is 0.286 e. The van der Waals surface area contributed by atoms with Crippen molar-refractivity contribution >= 4 is 42.4 Å². The number of amides is 1. The smallest absolute Gasteiger partial charge is 0.233 e. The standard InChI is InChI=1S/C23H24N4O3S2/c1-16-14-17(2)27(25-16)13-12-26(23-24-20-6-4-5-7-21(20)31-23)22(28)15-18-8-10-19(11-9-18)32(3,29)30/h4-11,14H,12-13,15H2,1-3H3. The number of aryl methyl sites for hydroxylation is 2. The van der Waals surface area contributed by atoms with E-state index in [2.05, 4.69) is 10.1 Å². The molecule has 0 radical (unpaired) electrons. The number of carbonyl (C=O) groups is 1. The van der Waals surface area contributed by atoms with Crippen molar-refractivity contribution in [2.75, 3.05) is 17.7 Å². The van der Waals surface area contributed by atoms with E-state index < -0.39 is 9.84 Å². The van der Waals surface area contributed by atoms with Gasteiger partial charge in [0.05, 0.1) is 33.8 Å². The molecule has 2 aromatic carbocycles. The Labute approximate surface area is 191 Å².